The molecule has 1 amide bonds. The molecule has 5 heteroatoms. The van der Waals surface area contributed by atoms with Crippen LogP contribution in [0.5, 0.6) is 0 Å². The first-order valence-corrected chi connectivity index (χ1v) is 9.79. The van der Waals surface area contributed by atoms with Crippen LogP contribution in [0.2, 0.25) is 0 Å². The van der Waals surface area contributed by atoms with E-state index in [-0.39, 0.29) is 5.91 Å². The number of carbonyl (C=O) groups excluding carboxylic acids is 1. The van der Waals surface area contributed by atoms with Gasteiger partial charge in [0, 0.05) is 39.9 Å². The molecular formula is C16H17NOS3. The fourth-order valence-corrected chi connectivity index (χ4v) is 5.19. The summed E-state index contributed by atoms with van der Waals surface area (Å²) in [4.78, 5) is 16.8. The maximum absolute atomic E-state index is 12.3. The highest BCUT2D eigenvalue weighted by Crippen LogP contribution is 2.36. The largest absolute Gasteiger partial charge is 0.338 e. The molecule has 0 radical (unpaired) electrons. The van der Waals surface area contributed by atoms with Crippen LogP contribution in [0.3, 0.4) is 0 Å². The van der Waals surface area contributed by atoms with Crippen LogP contribution in [-0.2, 0) is 4.79 Å². The number of nitrogens with zero attached hydrogens (tertiary/aromatic N) is 1. The average Bonchev–Trinajstić information content (AvgIpc) is 3.15. The van der Waals surface area contributed by atoms with E-state index in [0.29, 0.717) is 5.25 Å². The zero-order valence-electron chi connectivity index (χ0n) is 11.6. The van der Waals surface area contributed by atoms with Gasteiger partial charge in [0.05, 0.1) is 0 Å². The van der Waals surface area contributed by atoms with E-state index in [1.165, 1.54) is 4.88 Å². The molecule has 0 saturated carbocycles. The lowest BCUT2D eigenvalue weighted by atomic mass is 10.2. The maximum atomic E-state index is 12.3. The van der Waals surface area contributed by atoms with Crippen molar-refractivity contribution in [2.75, 3.05) is 18.8 Å². The van der Waals surface area contributed by atoms with Crippen molar-refractivity contribution in [1.82, 2.24) is 4.90 Å². The lowest BCUT2D eigenvalue weighted by molar-refractivity contribution is -0.125. The number of thiophene rings is 2. The van der Waals surface area contributed by atoms with E-state index in [4.69, 9.17) is 0 Å². The van der Waals surface area contributed by atoms with Gasteiger partial charge in [-0.2, -0.15) is 11.8 Å². The summed E-state index contributed by atoms with van der Waals surface area (Å²) < 4.78 is 0. The minimum Gasteiger partial charge on any atom is -0.338 e. The average molecular weight is 336 g/mol. The van der Waals surface area contributed by atoms with Crippen molar-refractivity contribution in [3.05, 3.63) is 50.9 Å². The monoisotopic (exact) mass is 335 g/mol. The van der Waals surface area contributed by atoms with Gasteiger partial charge >= 0.3 is 0 Å². The quantitative estimate of drug-likeness (QED) is 0.768. The van der Waals surface area contributed by atoms with Crippen LogP contribution in [-0.4, -0.2) is 29.6 Å². The van der Waals surface area contributed by atoms with Crippen molar-refractivity contribution < 1.29 is 4.79 Å². The molecule has 0 aromatic carbocycles. The highest BCUT2D eigenvalue weighted by atomic mass is 32.2. The molecule has 1 fully saturated rings. The van der Waals surface area contributed by atoms with E-state index >= 15 is 0 Å². The minimum absolute atomic E-state index is 0.135. The third-order valence-corrected chi connectivity index (χ3v) is 6.73. The number of hydrogen-bond acceptors (Lipinski definition) is 4. The van der Waals surface area contributed by atoms with Crippen molar-refractivity contribution in [1.29, 1.82) is 0 Å². The molecule has 2 nitrogen and oxygen atoms in total. The molecule has 0 aliphatic carbocycles. The van der Waals surface area contributed by atoms with E-state index in [1.807, 2.05) is 51.6 Å². The van der Waals surface area contributed by atoms with Crippen molar-refractivity contribution in [2.24, 2.45) is 0 Å². The van der Waals surface area contributed by atoms with Crippen LogP contribution in [0.15, 0.2) is 41.1 Å². The van der Waals surface area contributed by atoms with Gasteiger partial charge in [-0.05, 0) is 35.4 Å². The Hall–Kier alpha value is -1.04. The van der Waals surface area contributed by atoms with E-state index < -0.39 is 0 Å². The number of hydrogen-bond donors (Lipinski definition) is 0. The maximum Gasteiger partial charge on any atom is 0.246 e. The number of carbonyl (C=O) groups is 1. The Morgan fingerprint density at radius 2 is 2.05 bits per heavy atom. The van der Waals surface area contributed by atoms with Gasteiger partial charge in [0.15, 0.2) is 0 Å². The van der Waals surface area contributed by atoms with Gasteiger partial charge in [-0.1, -0.05) is 12.1 Å². The summed E-state index contributed by atoms with van der Waals surface area (Å²) in [5.74, 6) is 1.15. The summed E-state index contributed by atoms with van der Waals surface area (Å²) in [7, 11) is 0. The smallest absolute Gasteiger partial charge is 0.246 e. The third-order valence-electron chi connectivity index (χ3n) is 3.45. The molecular weight excluding hydrogens is 318 g/mol. The molecule has 1 aliphatic rings. The van der Waals surface area contributed by atoms with Gasteiger partial charge in [-0.15, -0.1) is 22.7 Å². The Bertz CT molecular complexity index is 589. The highest BCUT2D eigenvalue weighted by Gasteiger charge is 2.21. The first-order chi connectivity index (χ1) is 10.3. The predicted molar refractivity (Wildman–Crippen MR) is 94.1 cm³/mol. The molecule has 1 atom stereocenters. The zero-order valence-corrected chi connectivity index (χ0v) is 14.1. The lowest BCUT2D eigenvalue weighted by Crippen LogP contribution is -2.31. The first-order valence-electron chi connectivity index (χ1n) is 6.98. The van der Waals surface area contributed by atoms with Crippen LogP contribution in [0.25, 0.3) is 6.08 Å². The summed E-state index contributed by atoms with van der Waals surface area (Å²) in [6, 6.07) is 8.34. The second-order valence-corrected chi connectivity index (χ2v) is 8.11. The van der Waals surface area contributed by atoms with Gasteiger partial charge in [-0.25, -0.2) is 0 Å². The summed E-state index contributed by atoms with van der Waals surface area (Å²) in [5, 5.41) is 4.70. The van der Waals surface area contributed by atoms with Crippen molar-refractivity contribution in [3.63, 3.8) is 0 Å². The Labute approximate surface area is 137 Å². The molecule has 2 aromatic rings. The molecule has 110 valence electrons. The first kappa shape index (κ1) is 14.9. The minimum atomic E-state index is 0.135. The molecule has 3 rings (SSSR count). The molecule has 1 aliphatic heterocycles. The Morgan fingerprint density at radius 1 is 1.19 bits per heavy atom. The normalized spacial score (nSPS) is 19.8. The molecule has 3 heterocycles. The van der Waals surface area contributed by atoms with E-state index in [2.05, 4.69) is 17.5 Å². The molecule has 0 unspecified atom stereocenters. The summed E-state index contributed by atoms with van der Waals surface area (Å²) in [6.07, 6.45) is 4.67. The molecule has 0 bridgehead atoms. The molecule has 0 N–H and O–H groups in total. The fraction of sp³-hybridized carbons (Fsp3) is 0.312. The zero-order chi connectivity index (χ0) is 14.5. The second-order valence-electron chi connectivity index (χ2n) is 4.84. The van der Waals surface area contributed by atoms with Gasteiger partial charge in [0.1, 0.15) is 0 Å². The standard InChI is InChI=1S/C16H17NOS3/c18-16(6-5-13-3-1-10-19-13)17-8-7-15(21-12-9-17)14-4-2-11-20-14/h1-6,10-11,15H,7-9,12H2/b6-5+/t15-/m1/s1. The van der Waals surface area contributed by atoms with E-state index in [1.54, 1.807) is 17.4 Å². The fourth-order valence-electron chi connectivity index (χ4n) is 2.34. The topological polar surface area (TPSA) is 20.3 Å². The third kappa shape index (κ3) is 3.99. The number of amides is 1. The lowest BCUT2D eigenvalue weighted by Gasteiger charge is -2.18. The molecule has 0 spiro atoms. The van der Waals surface area contributed by atoms with Gasteiger partial charge < -0.3 is 4.90 Å². The van der Waals surface area contributed by atoms with Crippen LogP contribution in [0.1, 0.15) is 21.4 Å². The SMILES string of the molecule is O=C(/C=C/c1cccs1)N1CCS[C@@H](c2cccs2)CC1. The second kappa shape index (κ2) is 7.29. The summed E-state index contributed by atoms with van der Waals surface area (Å²) >= 11 is 5.45. The van der Waals surface area contributed by atoms with E-state index in [0.717, 1.165) is 30.1 Å². The van der Waals surface area contributed by atoms with Crippen molar-refractivity contribution >= 4 is 46.4 Å². The Kier molecular flexibility index (Phi) is 5.17. The summed E-state index contributed by atoms with van der Waals surface area (Å²) in [5.41, 5.74) is 0. The van der Waals surface area contributed by atoms with Gasteiger partial charge in [0.25, 0.3) is 0 Å². The van der Waals surface area contributed by atoms with Crippen LogP contribution >= 0.6 is 34.4 Å². The van der Waals surface area contributed by atoms with Crippen LogP contribution in [0, 0.1) is 0 Å². The highest BCUT2D eigenvalue weighted by molar-refractivity contribution is 7.99. The number of thioether (sulfide) groups is 1. The van der Waals surface area contributed by atoms with Crippen LogP contribution in [0.4, 0.5) is 0 Å². The molecule has 21 heavy (non-hydrogen) atoms. The van der Waals surface area contributed by atoms with Crippen molar-refractivity contribution in [2.45, 2.75) is 11.7 Å². The van der Waals surface area contributed by atoms with Gasteiger partial charge in [-0.3, -0.25) is 4.79 Å². The predicted octanol–water partition coefficient (Wildman–Crippen LogP) is 4.53. The number of rotatable bonds is 3. The molecule has 2 aromatic heterocycles. The molecule has 1 saturated heterocycles. The summed E-state index contributed by atoms with van der Waals surface area (Å²) in [6.45, 7) is 1.70. The van der Waals surface area contributed by atoms with Crippen LogP contribution < -0.4 is 0 Å². The Morgan fingerprint density at radius 3 is 2.81 bits per heavy atom. The van der Waals surface area contributed by atoms with E-state index in [9.17, 15) is 4.79 Å². The van der Waals surface area contributed by atoms with Gasteiger partial charge in [0.2, 0.25) is 5.91 Å². The Balaban J connectivity index is 1.58. The van der Waals surface area contributed by atoms with Crippen molar-refractivity contribution in [3.8, 4) is 0 Å².